The number of ether oxygens (including phenoxy) is 1. The predicted octanol–water partition coefficient (Wildman–Crippen LogP) is 1.60. The molecule has 0 radical (unpaired) electrons. The lowest BCUT2D eigenvalue weighted by Crippen LogP contribution is -2.23. The first kappa shape index (κ1) is 10.4. The van der Waals surface area contributed by atoms with Crippen LogP contribution in [0, 0.1) is 11.3 Å². The molecule has 0 amide bonds. The van der Waals surface area contributed by atoms with Crippen molar-refractivity contribution in [3.63, 3.8) is 0 Å². The van der Waals surface area contributed by atoms with Gasteiger partial charge in [-0.25, -0.2) is 0 Å². The van der Waals surface area contributed by atoms with Crippen LogP contribution in [0.25, 0.3) is 0 Å². The van der Waals surface area contributed by atoms with Crippen LogP contribution < -0.4 is 15.4 Å². The summed E-state index contributed by atoms with van der Waals surface area (Å²) in [5, 5.41) is 8.85. The first-order valence-electron chi connectivity index (χ1n) is 5.06. The first-order chi connectivity index (χ1) is 7.76. The van der Waals surface area contributed by atoms with E-state index in [1.807, 2.05) is 29.2 Å². The van der Waals surface area contributed by atoms with E-state index in [1.54, 1.807) is 7.11 Å². The molecular formula is C12H13N3O. The number of hydrogen-bond donors (Lipinski definition) is 1. The highest BCUT2D eigenvalue weighted by molar-refractivity contribution is 5.57. The van der Waals surface area contributed by atoms with Crippen molar-refractivity contribution in [2.24, 2.45) is 5.73 Å². The van der Waals surface area contributed by atoms with Gasteiger partial charge in [0.1, 0.15) is 11.6 Å². The molecule has 16 heavy (non-hydrogen) atoms. The average Bonchev–Trinajstić information content (AvgIpc) is 2.70. The fourth-order valence-electron chi connectivity index (χ4n) is 1.78. The molecular weight excluding hydrogens is 202 g/mol. The van der Waals surface area contributed by atoms with Crippen molar-refractivity contribution >= 4 is 5.69 Å². The monoisotopic (exact) mass is 215 g/mol. The van der Waals surface area contributed by atoms with Gasteiger partial charge in [-0.05, 0) is 24.3 Å². The van der Waals surface area contributed by atoms with Crippen LogP contribution in [0.3, 0.4) is 0 Å². The van der Waals surface area contributed by atoms with E-state index in [9.17, 15) is 0 Å². The van der Waals surface area contributed by atoms with Crippen LogP contribution in [0.1, 0.15) is 6.42 Å². The molecule has 0 saturated heterocycles. The summed E-state index contributed by atoms with van der Waals surface area (Å²) in [6, 6.07) is 9.76. The van der Waals surface area contributed by atoms with Crippen molar-refractivity contribution in [3.05, 3.63) is 35.7 Å². The van der Waals surface area contributed by atoms with Crippen LogP contribution in [-0.4, -0.2) is 13.7 Å². The lowest BCUT2D eigenvalue weighted by atomic mass is 10.2. The predicted molar refractivity (Wildman–Crippen MR) is 61.8 cm³/mol. The molecule has 82 valence electrons. The van der Waals surface area contributed by atoms with Crippen molar-refractivity contribution in [1.29, 1.82) is 5.26 Å². The lowest BCUT2D eigenvalue weighted by Gasteiger charge is -2.19. The zero-order valence-electron chi connectivity index (χ0n) is 9.10. The molecule has 2 N–H and O–H groups in total. The minimum absolute atomic E-state index is 0.563. The Morgan fingerprint density at radius 1 is 1.38 bits per heavy atom. The average molecular weight is 215 g/mol. The van der Waals surface area contributed by atoms with Gasteiger partial charge in [-0.15, -0.1) is 0 Å². The molecule has 4 nitrogen and oxygen atoms in total. The third kappa shape index (κ3) is 1.68. The molecule has 0 spiro atoms. The molecule has 0 atom stereocenters. The number of nitrogens with zero attached hydrogens (tertiary/aromatic N) is 2. The van der Waals surface area contributed by atoms with Gasteiger partial charge in [0, 0.05) is 18.7 Å². The second-order valence-electron chi connectivity index (χ2n) is 3.58. The lowest BCUT2D eigenvalue weighted by molar-refractivity contribution is 0.415. The fourth-order valence-corrected chi connectivity index (χ4v) is 1.78. The molecule has 1 aromatic rings. The molecule has 2 rings (SSSR count). The molecule has 0 fully saturated rings. The first-order valence-corrected chi connectivity index (χ1v) is 5.06. The van der Waals surface area contributed by atoms with E-state index in [2.05, 4.69) is 6.07 Å². The van der Waals surface area contributed by atoms with Gasteiger partial charge in [0.15, 0.2) is 0 Å². The minimum Gasteiger partial charge on any atom is -0.497 e. The van der Waals surface area contributed by atoms with Crippen LogP contribution in [0.5, 0.6) is 5.75 Å². The Balaban J connectivity index is 2.26. The highest BCUT2D eigenvalue weighted by Crippen LogP contribution is 2.27. The van der Waals surface area contributed by atoms with Crippen molar-refractivity contribution in [2.45, 2.75) is 6.42 Å². The Bertz CT molecular complexity index is 456. The summed E-state index contributed by atoms with van der Waals surface area (Å²) < 4.78 is 5.09. The van der Waals surface area contributed by atoms with Crippen molar-refractivity contribution in [2.75, 3.05) is 18.6 Å². The maximum absolute atomic E-state index is 8.85. The number of nitriles is 1. The van der Waals surface area contributed by atoms with Crippen molar-refractivity contribution < 1.29 is 4.74 Å². The maximum Gasteiger partial charge on any atom is 0.119 e. The van der Waals surface area contributed by atoms with Crippen LogP contribution in [-0.2, 0) is 0 Å². The molecule has 1 aromatic carbocycles. The summed E-state index contributed by atoms with van der Waals surface area (Å²) in [7, 11) is 1.63. The smallest absolute Gasteiger partial charge is 0.119 e. The third-order valence-electron chi connectivity index (χ3n) is 2.70. The van der Waals surface area contributed by atoms with E-state index in [-0.39, 0.29) is 0 Å². The van der Waals surface area contributed by atoms with E-state index in [0.717, 1.165) is 18.0 Å². The number of hydrogen-bond acceptors (Lipinski definition) is 4. The Morgan fingerprint density at radius 2 is 2.06 bits per heavy atom. The largest absolute Gasteiger partial charge is 0.497 e. The molecule has 4 heteroatoms. The van der Waals surface area contributed by atoms with Gasteiger partial charge in [-0.2, -0.15) is 5.26 Å². The van der Waals surface area contributed by atoms with Crippen molar-refractivity contribution in [3.8, 4) is 11.8 Å². The van der Waals surface area contributed by atoms with Gasteiger partial charge in [-0.1, -0.05) is 0 Å². The molecule has 0 saturated carbocycles. The Kier molecular flexibility index (Phi) is 2.69. The second-order valence-corrected chi connectivity index (χ2v) is 3.58. The molecule has 0 unspecified atom stereocenters. The topological polar surface area (TPSA) is 62.3 Å². The van der Waals surface area contributed by atoms with Gasteiger partial charge in [0.05, 0.1) is 18.8 Å². The van der Waals surface area contributed by atoms with E-state index in [0.29, 0.717) is 17.8 Å². The van der Waals surface area contributed by atoms with Crippen molar-refractivity contribution in [1.82, 2.24) is 0 Å². The molecule has 1 aliphatic rings. The zero-order valence-corrected chi connectivity index (χ0v) is 9.10. The van der Waals surface area contributed by atoms with Crippen LogP contribution in [0.2, 0.25) is 0 Å². The summed E-state index contributed by atoms with van der Waals surface area (Å²) in [4.78, 5) is 1.94. The van der Waals surface area contributed by atoms with E-state index in [4.69, 9.17) is 15.7 Å². The van der Waals surface area contributed by atoms with E-state index in [1.165, 1.54) is 0 Å². The van der Waals surface area contributed by atoms with E-state index >= 15 is 0 Å². The van der Waals surface area contributed by atoms with Gasteiger partial charge in [0.2, 0.25) is 0 Å². The number of methoxy groups -OCH3 is 1. The van der Waals surface area contributed by atoms with Gasteiger partial charge >= 0.3 is 0 Å². The van der Waals surface area contributed by atoms with Gasteiger partial charge in [-0.3, -0.25) is 0 Å². The number of benzene rings is 1. The highest BCUT2D eigenvalue weighted by atomic mass is 16.5. The Morgan fingerprint density at radius 3 is 2.56 bits per heavy atom. The Hall–Kier alpha value is -2.15. The van der Waals surface area contributed by atoms with E-state index < -0.39 is 0 Å². The highest BCUT2D eigenvalue weighted by Gasteiger charge is 2.20. The number of anilines is 1. The second kappa shape index (κ2) is 4.15. The number of nitrogens with two attached hydrogens (primary N) is 1. The molecule has 0 aliphatic carbocycles. The summed E-state index contributed by atoms with van der Waals surface area (Å²) >= 11 is 0. The zero-order chi connectivity index (χ0) is 11.5. The summed E-state index contributed by atoms with van der Waals surface area (Å²) in [5.41, 5.74) is 7.54. The molecule has 0 aromatic heterocycles. The molecule has 0 bridgehead atoms. The van der Waals surface area contributed by atoms with Crippen LogP contribution in [0.4, 0.5) is 5.69 Å². The third-order valence-corrected chi connectivity index (χ3v) is 2.70. The van der Waals surface area contributed by atoms with Gasteiger partial charge < -0.3 is 15.4 Å². The minimum atomic E-state index is 0.563. The molecule has 1 aliphatic heterocycles. The summed E-state index contributed by atoms with van der Waals surface area (Å²) in [5.74, 6) is 1.37. The summed E-state index contributed by atoms with van der Waals surface area (Å²) in [6.45, 7) is 0.765. The number of rotatable bonds is 2. The maximum atomic E-state index is 8.85. The Labute approximate surface area is 94.5 Å². The van der Waals surface area contributed by atoms with Crippen LogP contribution >= 0.6 is 0 Å². The quantitative estimate of drug-likeness (QED) is 0.813. The van der Waals surface area contributed by atoms with Crippen LogP contribution in [0.15, 0.2) is 35.7 Å². The molecule has 1 heterocycles. The standard InChI is InChI=1S/C12H13N3O/c1-16-11-4-2-10(3-5-11)15-7-6-9(8-13)12(15)14/h2-5H,6-7,14H2,1H3. The fraction of sp³-hybridized carbons (Fsp3) is 0.250. The SMILES string of the molecule is COc1ccc(N2CCC(C#N)=C2N)cc1. The normalized spacial score (nSPS) is 15.1. The van der Waals surface area contributed by atoms with Gasteiger partial charge in [0.25, 0.3) is 0 Å². The summed E-state index contributed by atoms with van der Waals surface area (Å²) in [6.07, 6.45) is 0.717.